The first-order chi connectivity index (χ1) is 9.84. The lowest BCUT2D eigenvalue weighted by Gasteiger charge is -2.34. The minimum Gasteiger partial charge on any atom is -0.301 e. The van der Waals surface area contributed by atoms with E-state index >= 15 is 0 Å². The Hall–Kier alpha value is -1.37. The summed E-state index contributed by atoms with van der Waals surface area (Å²) in [5, 5.41) is 3.97. The Morgan fingerprint density at radius 3 is 1.86 bits per heavy atom. The Balaban J connectivity index is 2.37. The molecule has 2 atom stereocenters. The summed E-state index contributed by atoms with van der Waals surface area (Å²) in [7, 11) is -2.73. The second-order valence-corrected chi connectivity index (χ2v) is 9.71. The first kappa shape index (κ1) is 16.0. The molecule has 0 heterocycles. The van der Waals surface area contributed by atoms with Gasteiger partial charge < -0.3 is 4.57 Å². The molecule has 2 aromatic rings. The molecular formula is C18H24NOP. The molecule has 21 heavy (non-hydrogen) atoms. The summed E-state index contributed by atoms with van der Waals surface area (Å²) in [6.07, 6.45) is 0. The molecule has 0 aliphatic heterocycles. The van der Waals surface area contributed by atoms with Gasteiger partial charge in [-0.1, -0.05) is 81.4 Å². The molecule has 0 radical (unpaired) electrons. The van der Waals surface area contributed by atoms with E-state index in [4.69, 9.17) is 0 Å². The normalized spacial score (nSPS) is 16.2. The van der Waals surface area contributed by atoms with E-state index in [0.717, 1.165) is 10.9 Å². The van der Waals surface area contributed by atoms with Gasteiger partial charge in [0.1, 0.15) is 0 Å². The Kier molecular flexibility index (Phi) is 4.70. The highest BCUT2D eigenvalue weighted by Crippen LogP contribution is 2.54. The molecule has 2 rings (SSSR count). The van der Waals surface area contributed by atoms with Gasteiger partial charge in [0.05, 0.1) is 0 Å². The molecule has 112 valence electrons. The van der Waals surface area contributed by atoms with Crippen LogP contribution in [0.25, 0.3) is 0 Å². The van der Waals surface area contributed by atoms with Gasteiger partial charge in [0.15, 0.2) is 7.29 Å². The van der Waals surface area contributed by atoms with Crippen molar-refractivity contribution in [2.24, 2.45) is 0 Å². The van der Waals surface area contributed by atoms with E-state index in [1.54, 1.807) is 0 Å². The average molecular weight is 301 g/mol. The van der Waals surface area contributed by atoms with Crippen molar-refractivity contribution in [2.75, 3.05) is 0 Å². The molecule has 0 saturated heterocycles. The van der Waals surface area contributed by atoms with Crippen molar-refractivity contribution in [1.82, 2.24) is 5.09 Å². The predicted molar refractivity (Wildman–Crippen MR) is 91.4 cm³/mol. The first-order valence-corrected chi connectivity index (χ1v) is 9.04. The Morgan fingerprint density at radius 2 is 1.38 bits per heavy atom. The Labute approximate surface area is 128 Å². The van der Waals surface area contributed by atoms with Crippen molar-refractivity contribution in [1.29, 1.82) is 0 Å². The summed E-state index contributed by atoms with van der Waals surface area (Å²) in [6.45, 7) is 8.17. The van der Waals surface area contributed by atoms with Crippen LogP contribution in [0.3, 0.4) is 0 Å². The minimum atomic E-state index is -2.73. The predicted octanol–water partition coefficient (Wildman–Crippen LogP) is 4.74. The molecular weight excluding hydrogens is 277 g/mol. The molecule has 0 bridgehead atoms. The van der Waals surface area contributed by atoms with Crippen molar-refractivity contribution in [3.8, 4) is 0 Å². The largest absolute Gasteiger partial charge is 0.301 e. The third kappa shape index (κ3) is 3.45. The highest BCUT2D eigenvalue weighted by Gasteiger charge is 2.39. The van der Waals surface area contributed by atoms with Gasteiger partial charge in [0, 0.05) is 16.5 Å². The van der Waals surface area contributed by atoms with Gasteiger partial charge in [0.25, 0.3) is 0 Å². The van der Waals surface area contributed by atoms with Gasteiger partial charge in [-0.2, -0.15) is 0 Å². The molecule has 2 nitrogen and oxygen atoms in total. The van der Waals surface area contributed by atoms with Crippen LogP contribution >= 0.6 is 7.29 Å². The Morgan fingerprint density at radius 1 is 0.905 bits per heavy atom. The summed E-state index contributed by atoms with van der Waals surface area (Å²) >= 11 is 0. The SMILES string of the molecule is C[C@H](N[P@](=O)(c1ccccc1)C(C)(C)C)c1ccccc1. The summed E-state index contributed by atoms with van der Waals surface area (Å²) in [6, 6.07) is 19.9. The molecule has 2 aromatic carbocycles. The van der Waals surface area contributed by atoms with Gasteiger partial charge in [-0.05, 0) is 12.5 Å². The molecule has 0 aliphatic carbocycles. The number of hydrogen-bond acceptors (Lipinski definition) is 1. The summed E-state index contributed by atoms with van der Waals surface area (Å²) in [5.41, 5.74) is 1.15. The maximum absolute atomic E-state index is 13.7. The fraction of sp³-hybridized carbons (Fsp3) is 0.333. The van der Waals surface area contributed by atoms with Gasteiger partial charge in [0.2, 0.25) is 0 Å². The lowest BCUT2D eigenvalue weighted by Crippen LogP contribution is -2.34. The van der Waals surface area contributed by atoms with Crippen LogP contribution in [0.15, 0.2) is 60.7 Å². The zero-order valence-corrected chi connectivity index (χ0v) is 14.1. The molecule has 0 aliphatic rings. The molecule has 0 spiro atoms. The summed E-state index contributed by atoms with van der Waals surface area (Å²) in [4.78, 5) is 0. The second kappa shape index (κ2) is 6.17. The van der Waals surface area contributed by atoms with E-state index < -0.39 is 7.29 Å². The van der Waals surface area contributed by atoms with Crippen LogP contribution in [0.1, 0.15) is 39.3 Å². The van der Waals surface area contributed by atoms with Crippen LogP contribution in [-0.4, -0.2) is 5.16 Å². The fourth-order valence-electron chi connectivity index (χ4n) is 2.38. The topological polar surface area (TPSA) is 29.1 Å². The molecule has 1 N–H and O–H groups in total. The minimum absolute atomic E-state index is 0.0384. The van der Waals surface area contributed by atoms with Crippen molar-refractivity contribution >= 4 is 12.6 Å². The quantitative estimate of drug-likeness (QED) is 0.826. The van der Waals surface area contributed by atoms with E-state index in [-0.39, 0.29) is 11.2 Å². The van der Waals surface area contributed by atoms with Gasteiger partial charge in [-0.3, -0.25) is 5.09 Å². The van der Waals surface area contributed by atoms with E-state index in [9.17, 15) is 4.57 Å². The van der Waals surface area contributed by atoms with Crippen LogP contribution in [0.2, 0.25) is 0 Å². The zero-order chi connectivity index (χ0) is 15.5. The molecule has 3 heteroatoms. The smallest absolute Gasteiger partial charge is 0.181 e. The van der Waals surface area contributed by atoms with Crippen LogP contribution in [-0.2, 0) is 4.57 Å². The van der Waals surface area contributed by atoms with E-state index in [1.165, 1.54) is 0 Å². The van der Waals surface area contributed by atoms with Crippen LogP contribution < -0.4 is 10.4 Å². The Bertz CT molecular complexity index is 617. The molecule has 0 unspecified atom stereocenters. The first-order valence-electron chi connectivity index (χ1n) is 7.33. The van der Waals surface area contributed by atoms with E-state index in [0.29, 0.717) is 0 Å². The molecule has 0 fully saturated rings. The second-order valence-electron chi connectivity index (χ2n) is 6.38. The molecule has 0 saturated carbocycles. The maximum atomic E-state index is 13.7. The summed E-state index contributed by atoms with van der Waals surface area (Å²) < 4.78 is 13.7. The van der Waals surface area contributed by atoms with Crippen LogP contribution in [0.4, 0.5) is 0 Å². The van der Waals surface area contributed by atoms with Crippen molar-refractivity contribution in [3.63, 3.8) is 0 Å². The number of rotatable bonds is 4. The van der Waals surface area contributed by atoms with E-state index in [1.807, 2.05) is 69.3 Å². The average Bonchev–Trinajstić information content (AvgIpc) is 2.47. The molecule has 0 aromatic heterocycles. The number of nitrogens with one attached hydrogen (secondary N) is 1. The van der Waals surface area contributed by atoms with E-state index in [2.05, 4.69) is 24.1 Å². The highest BCUT2D eigenvalue weighted by molar-refractivity contribution is 7.71. The molecule has 0 amide bonds. The summed E-state index contributed by atoms with van der Waals surface area (Å²) in [5.74, 6) is 0. The van der Waals surface area contributed by atoms with Crippen LogP contribution in [0.5, 0.6) is 0 Å². The lowest BCUT2D eigenvalue weighted by atomic mass is 10.1. The number of benzene rings is 2. The third-order valence-electron chi connectivity index (χ3n) is 3.74. The van der Waals surface area contributed by atoms with Crippen molar-refractivity contribution in [2.45, 2.75) is 38.9 Å². The monoisotopic (exact) mass is 301 g/mol. The van der Waals surface area contributed by atoms with Gasteiger partial charge in [-0.25, -0.2) is 0 Å². The van der Waals surface area contributed by atoms with Gasteiger partial charge >= 0.3 is 0 Å². The van der Waals surface area contributed by atoms with Gasteiger partial charge in [-0.15, -0.1) is 0 Å². The zero-order valence-electron chi connectivity index (χ0n) is 13.2. The lowest BCUT2D eigenvalue weighted by molar-refractivity contribution is 0.533. The third-order valence-corrected chi connectivity index (χ3v) is 7.41. The van der Waals surface area contributed by atoms with Crippen LogP contribution in [0, 0.1) is 0 Å². The maximum Gasteiger partial charge on any atom is 0.181 e. The van der Waals surface area contributed by atoms with Crippen molar-refractivity contribution < 1.29 is 4.57 Å². The number of hydrogen-bond donors (Lipinski definition) is 1. The standard InChI is InChI=1S/C18H24NOP/c1-15(16-11-7-5-8-12-16)19-21(20,18(2,3)4)17-13-9-6-10-14-17/h5-15H,1-4H3,(H,19,20)/t15-,21-/m0/s1. The highest BCUT2D eigenvalue weighted by atomic mass is 31.2. The van der Waals surface area contributed by atoms with Crippen molar-refractivity contribution in [3.05, 3.63) is 66.2 Å². The fourth-order valence-corrected chi connectivity index (χ4v) is 4.98.